The van der Waals surface area contributed by atoms with Crippen LogP contribution in [0.3, 0.4) is 0 Å². The quantitative estimate of drug-likeness (QED) is 0.752. The molecule has 1 aliphatic rings. The van der Waals surface area contributed by atoms with Crippen molar-refractivity contribution >= 4 is 0 Å². The van der Waals surface area contributed by atoms with Gasteiger partial charge < -0.3 is 9.64 Å². The molecular weight excluding hydrogens is 212 g/mol. The van der Waals surface area contributed by atoms with Gasteiger partial charge in [0.2, 0.25) is 0 Å². The molecule has 3 heteroatoms. The van der Waals surface area contributed by atoms with Crippen molar-refractivity contribution in [2.45, 2.75) is 33.6 Å². The second-order valence-electron chi connectivity index (χ2n) is 3.88. The molecule has 17 heavy (non-hydrogen) atoms. The van der Waals surface area contributed by atoms with Crippen molar-refractivity contribution in [2.24, 2.45) is 0 Å². The van der Waals surface area contributed by atoms with E-state index in [-0.39, 0.29) is 0 Å². The first-order valence-corrected chi connectivity index (χ1v) is 6.19. The minimum atomic E-state index is 0.696. The van der Waals surface area contributed by atoms with Crippen molar-refractivity contribution in [1.29, 1.82) is 5.26 Å². The Kier molecular flexibility index (Phi) is 8.17. The summed E-state index contributed by atoms with van der Waals surface area (Å²) in [5, 5.41) is 9.04. The van der Waals surface area contributed by atoms with Crippen LogP contribution in [-0.4, -0.2) is 32.2 Å². The fraction of sp³-hybridized carbons (Fsp3) is 0.643. The average molecular weight is 236 g/mol. The lowest BCUT2D eigenvalue weighted by molar-refractivity contribution is 0.172. The Bertz CT molecular complexity index is 324. The van der Waals surface area contributed by atoms with E-state index in [2.05, 4.69) is 17.9 Å². The van der Waals surface area contributed by atoms with E-state index in [1.54, 1.807) is 7.11 Å². The molecule has 0 heterocycles. The van der Waals surface area contributed by atoms with Crippen LogP contribution in [0.25, 0.3) is 0 Å². The molecule has 0 unspecified atom stereocenters. The highest BCUT2D eigenvalue weighted by molar-refractivity contribution is 5.42. The Morgan fingerprint density at radius 2 is 2.06 bits per heavy atom. The van der Waals surface area contributed by atoms with Gasteiger partial charge in [0.15, 0.2) is 0 Å². The van der Waals surface area contributed by atoms with Crippen LogP contribution < -0.4 is 0 Å². The van der Waals surface area contributed by atoms with Crippen molar-refractivity contribution < 1.29 is 4.74 Å². The molecule has 3 nitrogen and oxygen atoms in total. The third-order valence-corrected chi connectivity index (χ3v) is 2.67. The fourth-order valence-electron chi connectivity index (χ4n) is 1.71. The van der Waals surface area contributed by atoms with Gasteiger partial charge in [0, 0.05) is 26.4 Å². The first kappa shape index (κ1) is 15.7. The van der Waals surface area contributed by atoms with Gasteiger partial charge >= 0.3 is 0 Å². The van der Waals surface area contributed by atoms with E-state index < -0.39 is 0 Å². The summed E-state index contributed by atoms with van der Waals surface area (Å²) in [5.74, 6) is 0. The van der Waals surface area contributed by atoms with Gasteiger partial charge in [-0.3, -0.25) is 0 Å². The number of likely N-dealkylation sites (N-methyl/N-ethyl adjacent to an activating group) is 1. The Morgan fingerprint density at radius 3 is 2.59 bits per heavy atom. The molecule has 0 aromatic heterocycles. The summed E-state index contributed by atoms with van der Waals surface area (Å²) in [5.41, 5.74) is 3.23. The zero-order chi connectivity index (χ0) is 13.3. The Hall–Kier alpha value is -1.27. The molecule has 0 amide bonds. The first-order valence-electron chi connectivity index (χ1n) is 6.19. The van der Waals surface area contributed by atoms with Crippen LogP contribution in [-0.2, 0) is 4.74 Å². The van der Waals surface area contributed by atoms with E-state index in [1.165, 1.54) is 5.57 Å². The molecular formula is C14H24N2O. The number of methoxy groups -OCH3 is 1. The summed E-state index contributed by atoms with van der Waals surface area (Å²) in [6.45, 7) is 7.61. The van der Waals surface area contributed by atoms with E-state index in [4.69, 9.17) is 10.00 Å². The van der Waals surface area contributed by atoms with E-state index in [0.29, 0.717) is 6.61 Å². The Balaban J connectivity index is 0.00000121. The van der Waals surface area contributed by atoms with Crippen molar-refractivity contribution in [3.05, 3.63) is 22.9 Å². The highest BCUT2D eigenvalue weighted by Crippen LogP contribution is 2.25. The largest absolute Gasteiger partial charge is 0.383 e. The van der Waals surface area contributed by atoms with Crippen LogP contribution >= 0.6 is 0 Å². The number of allylic oxidation sites excluding steroid dienone is 4. The highest BCUT2D eigenvalue weighted by Gasteiger charge is 2.14. The fourth-order valence-corrected chi connectivity index (χ4v) is 1.71. The summed E-state index contributed by atoms with van der Waals surface area (Å²) >= 11 is 0. The summed E-state index contributed by atoms with van der Waals surface area (Å²) < 4.78 is 5.03. The minimum absolute atomic E-state index is 0.696. The molecule has 0 saturated heterocycles. The van der Waals surface area contributed by atoms with Crippen LogP contribution in [0.15, 0.2) is 22.9 Å². The van der Waals surface area contributed by atoms with Gasteiger partial charge in [-0.25, -0.2) is 0 Å². The second kappa shape index (κ2) is 8.83. The molecule has 0 aromatic carbocycles. The number of hydrogen-bond acceptors (Lipinski definition) is 3. The van der Waals surface area contributed by atoms with Crippen molar-refractivity contribution in [3.8, 4) is 6.07 Å². The van der Waals surface area contributed by atoms with Gasteiger partial charge in [0.1, 0.15) is 6.07 Å². The standard InChI is InChI=1S/C12H18N2O.C2H6/c1-10-4-5-12(11(8-10)9-13)14(2)6-7-15-3;1-2/h8H,4-7H2,1-3H3;1-2H3. The molecule has 0 bridgehead atoms. The first-order chi connectivity index (χ1) is 8.19. The SMILES string of the molecule is CC.COCCN(C)C1=C(C#N)C=C(C)CC1. The van der Waals surface area contributed by atoms with Crippen LogP contribution in [0.2, 0.25) is 0 Å². The predicted molar refractivity (Wildman–Crippen MR) is 71.5 cm³/mol. The van der Waals surface area contributed by atoms with Crippen molar-refractivity contribution in [1.82, 2.24) is 4.90 Å². The molecule has 96 valence electrons. The van der Waals surface area contributed by atoms with Gasteiger partial charge in [-0.2, -0.15) is 5.26 Å². The molecule has 1 rings (SSSR count). The molecule has 0 fully saturated rings. The summed E-state index contributed by atoms with van der Waals surface area (Å²) in [6, 6.07) is 2.26. The molecule has 0 spiro atoms. The van der Waals surface area contributed by atoms with Gasteiger partial charge in [0.25, 0.3) is 0 Å². The normalized spacial score (nSPS) is 14.5. The number of nitrogens with zero attached hydrogens (tertiary/aromatic N) is 2. The van der Waals surface area contributed by atoms with Gasteiger partial charge in [-0.15, -0.1) is 0 Å². The van der Waals surface area contributed by atoms with Crippen LogP contribution in [0.1, 0.15) is 33.6 Å². The van der Waals surface area contributed by atoms with Crippen LogP contribution in [0.5, 0.6) is 0 Å². The molecule has 1 aliphatic carbocycles. The minimum Gasteiger partial charge on any atom is -0.383 e. The third kappa shape index (κ3) is 5.06. The zero-order valence-corrected chi connectivity index (χ0v) is 11.7. The van der Waals surface area contributed by atoms with Gasteiger partial charge in [0.05, 0.1) is 12.2 Å². The number of rotatable bonds is 4. The summed E-state index contributed by atoms with van der Waals surface area (Å²) in [6.07, 6.45) is 4.01. The molecule has 0 aliphatic heterocycles. The highest BCUT2D eigenvalue weighted by atomic mass is 16.5. The van der Waals surface area contributed by atoms with E-state index in [1.807, 2.05) is 27.0 Å². The maximum atomic E-state index is 9.04. The van der Waals surface area contributed by atoms with E-state index >= 15 is 0 Å². The number of nitriles is 1. The molecule has 0 saturated carbocycles. The lowest BCUT2D eigenvalue weighted by Gasteiger charge is -2.25. The molecule has 0 atom stereocenters. The Morgan fingerprint density at radius 1 is 1.41 bits per heavy atom. The second-order valence-corrected chi connectivity index (χ2v) is 3.88. The van der Waals surface area contributed by atoms with Crippen molar-refractivity contribution in [3.63, 3.8) is 0 Å². The van der Waals surface area contributed by atoms with Crippen LogP contribution in [0, 0.1) is 11.3 Å². The lowest BCUT2D eigenvalue weighted by atomic mass is 9.97. The average Bonchev–Trinajstić information content (AvgIpc) is 2.38. The number of ether oxygens (including phenoxy) is 1. The van der Waals surface area contributed by atoms with E-state index in [9.17, 15) is 0 Å². The third-order valence-electron chi connectivity index (χ3n) is 2.67. The van der Waals surface area contributed by atoms with Gasteiger partial charge in [-0.1, -0.05) is 19.4 Å². The maximum Gasteiger partial charge on any atom is 0.101 e. The molecule has 0 aromatic rings. The maximum absolute atomic E-state index is 9.04. The molecule has 0 N–H and O–H groups in total. The Labute approximate surface area is 105 Å². The topological polar surface area (TPSA) is 36.3 Å². The number of hydrogen-bond donors (Lipinski definition) is 0. The molecule has 0 radical (unpaired) electrons. The smallest absolute Gasteiger partial charge is 0.101 e. The van der Waals surface area contributed by atoms with Crippen molar-refractivity contribution in [2.75, 3.05) is 27.3 Å². The summed E-state index contributed by atoms with van der Waals surface area (Å²) in [4.78, 5) is 2.12. The van der Waals surface area contributed by atoms with Crippen LogP contribution in [0.4, 0.5) is 0 Å². The zero-order valence-electron chi connectivity index (χ0n) is 11.7. The lowest BCUT2D eigenvalue weighted by Crippen LogP contribution is -2.24. The summed E-state index contributed by atoms with van der Waals surface area (Å²) in [7, 11) is 3.71. The van der Waals surface area contributed by atoms with E-state index in [0.717, 1.165) is 30.7 Å². The van der Waals surface area contributed by atoms with Gasteiger partial charge in [-0.05, 0) is 25.8 Å². The monoisotopic (exact) mass is 236 g/mol. The predicted octanol–water partition coefficient (Wildman–Crippen LogP) is 3.11.